The van der Waals surface area contributed by atoms with Gasteiger partial charge in [0, 0.05) is 6.54 Å². The third-order valence-corrected chi connectivity index (χ3v) is 2.52. The van der Waals surface area contributed by atoms with Crippen LogP contribution in [0.25, 0.3) is 0 Å². The van der Waals surface area contributed by atoms with Gasteiger partial charge in [0.1, 0.15) is 24.2 Å². The van der Waals surface area contributed by atoms with Crippen LogP contribution >= 0.6 is 0 Å². The molecule has 0 radical (unpaired) electrons. The highest BCUT2D eigenvalue weighted by Crippen LogP contribution is 2.17. The van der Waals surface area contributed by atoms with E-state index >= 15 is 0 Å². The molecule has 0 spiro atoms. The van der Waals surface area contributed by atoms with Crippen LogP contribution < -0.4 is 0 Å². The fraction of sp³-hybridized carbons (Fsp3) is 0.833. The minimum Gasteiger partial charge on any atom is -0.443 e. The van der Waals surface area contributed by atoms with E-state index in [0.29, 0.717) is 19.4 Å². The predicted octanol–water partition coefficient (Wildman–Crippen LogP) is 0.376. The SMILES string of the molecule is CC(C=O)N(C(=O)OC(C)(C)C)N1CCOCC1O. The monoisotopic (exact) mass is 274 g/mol. The molecule has 0 aromatic rings. The van der Waals surface area contributed by atoms with Crippen molar-refractivity contribution in [3.8, 4) is 0 Å². The number of rotatable bonds is 3. The maximum absolute atomic E-state index is 12.2. The summed E-state index contributed by atoms with van der Waals surface area (Å²) in [5, 5.41) is 12.4. The summed E-state index contributed by atoms with van der Waals surface area (Å²) in [4.78, 5) is 23.1. The van der Waals surface area contributed by atoms with Crippen molar-refractivity contribution >= 4 is 12.4 Å². The molecule has 1 aliphatic rings. The van der Waals surface area contributed by atoms with Gasteiger partial charge in [-0.3, -0.25) is 0 Å². The summed E-state index contributed by atoms with van der Waals surface area (Å²) in [6, 6.07) is -0.720. The van der Waals surface area contributed by atoms with Gasteiger partial charge >= 0.3 is 6.09 Å². The number of aliphatic hydroxyl groups is 1. The van der Waals surface area contributed by atoms with E-state index in [1.54, 1.807) is 27.7 Å². The Bertz CT molecular complexity index is 329. The van der Waals surface area contributed by atoms with Gasteiger partial charge in [0.15, 0.2) is 0 Å². The van der Waals surface area contributed by atoms with Crippen LogP contribution in [-0.4, -0.2) is 65.1 Å². The van der Waals surface area contributed by atoms with Crippen molar-refractivity contribution in [3.05, 3.63) is 0 Å². The molecule has 0 aromatic carbocycles. The molecule has 2 atom stereocenters. The average Bonchev–Trinajstić information content (AvgIpc) is 2.29. The molecule has 7 nitrogen and oxygen atoms in total. The summed E-state index contributed by atoms with van der Waals surface area (Å²) in [7, 11) is 0. The Balaban J connectivity index is 2.87. The molecule has 110 valence electrons. The number of morpholine rings is 1. The molecule has 0 bridgehead atoms. The van der Waals surface area contributed by atoms with Gasteiger partial charge in [-0.1, -0.05) is 0 Å². The molecule has 0 aliphatic carbocycles. The van der Waals surface area contributed by atoms with E-state index in [0.717, 1.165) is 5.01 Å². The second kappa shape index (κ2) is 6.31. The first kappa shape index (κ1) is 15.9. The molecular formula is C12H22N2O5. The molecule has 19 heavy (non-hydrogen) atoms. The minimum atomic E-state index is -0.969. The van der Waals surface area contributed by atoms with Gasteiger partial charge in [-0.25, -0.2) is 9.80 Å². The molecule has 0 saturated carbocycles. The Morgan fingerprint density at radius 3 is 2.68 bits per heavy atom. The lowest BCUT2D eigenvalue weighted by Crippen LogP contribution is -2.60. The Morgan fingerprint density at radius 2 is 2.21 bits per heavy atom. The Labute approximate surface area is 113 Å². The lowest BCUT2D eigenvalue weighted by molar-refractivity contribution is -0.198. The van der Waals surface area contributed by atoms with Crippen molar-refractivity contribution in [1.29, 1.82) is 0 Å². The molecule has 1 rings (SSSR count). The highest BCUT2D eigenvalue weighted by molar-refractivity contribution is 5.73. The van der Waals surface area contributed by atoms with Gasteiger partial charge in [0.2, 0.25) is 0 Å². The fourth-order valence-electron chi connectivity index (χ4n) is 1.70. The first-order valence-electron chi connectivity index (χ1n) is 6.26. The van der Waals surface area contributed by atoms with Gasteiger partial charge in [0.25, 0.3) is 0 Å². The molecule has 1 fully saturated rings. The van der Waals surface area contributed by atoms with Gasteiger partial charge in [-0.2, -0.15) is 5.01 Å². The van der Waals surface area contributed by atoms with Gasteiger partial charge in [0.05, 0.1) is 13.2 Å². The Kier molecular flexibility index (Phi) is 5.28. The van der Waals surface area contributed by atoms with E-state index in [9.17, 15) is 14.7 Å². The predicted molar refractivity (Wildman–Crippen MR) is 67.1 cm³/mol. The zero-order valence-corrected chi connectivity index (χ0v) is 11.8. The maximum atomic E-state index is 12.2. The largest absolute Gasteiger partial charge is 0.443 e. The summed E-state index contributed by atoms with van der Waals surface area (Å²) in [5.41, 5.74) is -0.671. The highest BCUT2D eigenvalue weighted by atomic mass is 16.6. The van der Waals surface area contributed by atoms with E-state index < -0.39 is 24.0 Å². The van der Waals surface area contributed by atoms with E-state index in [2.05, 4.69) is 0 Å². The molecule has 7 heteroatoms. The number of nitrogens with zero attached hydrogens (tertiary/aromatic N) is 2. The number of hydrogen-bond acceptors (Lipinski definition) is 6. The number of carbonyl (C=O) groups excluding carboxylic acids is 2. The zero-order valence-electron chi connectivity index (χ0n) is 11.8. The minimum absolute atomic E-state index is 0.0882. The van der Waals surface area contributed by atoms with Crippen LogP contribution in [0.2, 0.25) is 0 Å². The van der Waals surface area contributed by atoms with Crippen molar-refractivity contribution < 1.29 is 24.2 Å². The van der Waals surface area contributed by atoms with Crippen molar-refractivity contribution in [2.24, 2.45) is 0 Å². The smallest absolute Gasteiger partial charge is 0.425 e. The van der Waals surface area contributed by atoms with Crippen LogP contribution in [0.15, 0.2) is 0 Å². The lowest BCUT2D eigenvalue weighted by Gasteiger charge is -2.42. The van der Waals surface area contributed by atoms with Crippen LogP contribution in [0.5, 0.6) is 0 Å². The van der Waals surface area contributed by atoms with Crippen LogP contribution in [-0.2, 0) is 14.3 Å². The number of aldehydes is 1. The average molecular weight is 274 g/mol. The number of ether oxygens (including phenoxy) is 2. The number of hydrazine groups is 1. The maximum Gasteiger partial charge on any atom is 0.425 e. The normalized spacial score (nSPS) is 22.7. The van der Waals surface area contributed by atoms with E-state index in [4.69, 9.17) is 9.47 Å². The second-order valence-corrected chi connectivity index (χ2v) is 5.42. The summed E-state index contributed by atoms with van der Waals surface area (Å²) in [6.07, 6.45) is -0.997. The summed E-state index contributed by atoms with van der Waals surface area (Å²) < 4.78 is 10.4. The van der Waals surface area contributed by atoms with Crippen molar-refractivity contribution in [2.75, 3.05) is 19.8 Å². The van der Waals surface area contributed by atoms with Crippen LogP contribution in [0.4, 0.5) is 4.79 Å². The molecule has 0 aromatic heterocycles. The van der Waals surface area contributed by atoms with Crippen molar-refractivity contribution in [2.45, 2.75) is 45.6 Å². The number of amides is 1. The third-order valence-electron chi connectivity index (χ3n) is 2.52. The lowest BCUT2D eigenvalue weighted by atomic mass is 10.2. The van der Waals surface area contributed by atoms with E-state index in [1.165, 1.54) is 5.01 Å². The van der Waals surface area contributed by atoms with Crippen LogP contribution in [0, 0.1) is 0 Å². The molecule has 2 unspecified atom stereocenters. The Hall–Kier alpha value is -1.18. The Morgan fingerprint density at radius 1 is 1.58 bits per heavy atom. The third kappa shape index (κ3) is 4.45. The topological polar surface area (TPSA) is 79.3 Å². The van der Waals surface area contributed by atoms with Gasteiger partial charge in [-0.05, 0) is 27.7 Å². The molecule has 1 aliphatic heterocycles. The number of carbonyl (C=O) groups is 2. The van der Waals surface area contributed by atoms with Gasteiger partial charge in [-0.15, -0.1) is 0 Å². The molecular weight excluding hydrogens is 252 g/mol. The first-order valence-corrected chi connectivity index (χ1v) is 6.26. The quantitative estimate of drug-likeness (QED) is 0.749. The highest BCUT2D eigenvalue weighted by Gasteiger charge is 2.35. The van der Waals surface area contributed by atoms with E-state index in [-0.39, 0.29) is 6.61 Å². The second-order valence-electron chi connectivity index (χ2n) is 5.42. The number of aliphatic hydroxyl groups excluding tert-OH is 1. The van der Waals surface area contributed by atoms with Crippen LogP contribution in [0.3, 0.4) is 0 Å². The molecule has 1 heterocycles. The van der Waals surface area contributed by atoms with Crippen molar-refractivity contribution in [1.82, 2.24) is 10.0 Å². The molecule has 1 N–H and O–H groups in total. The summed E-state index contributed by atoms with van der Waals surface area (Å²) in [5.74, 6) is 0. The summed E-state index contributed by atoms with van der Waals surface area (Å²) >= 11 is 0. The first-order chi connectivity index (χ1) is 8.76. The zero-order chi connectivity index (χ0) is 14.6. The van der Waals surface area contributed by atoms with E-state index in [1.807, 2.05) is 0 Å². The van der Waals surface area contributed by atoms with Crippen molar-refractivity contribution in [3.63, 3.8) is 0 Å². The standard InChI is InChI=1S/C12H22N2O5/c1-9(7-15)14(11(17)19-12(2,3)4)13-5-6-18-8-10(13)16/h7,9-10,16H,5-6,8H2,1-4H3. The summed E-state index contributed by atoms with van der Waals surface area (Å²) in [6.45, 7) is 7.57. The van der Waals surface area contributed by atoms with Crippen LogP contribution in [0.1, 0.15) is 27.7 Å². The van der Waals surface area contributed by atoms with Gasteiger partial charge < -0.3 is 19.4 Å². The number of hydrogen-bond donors (Lipinski definition) is 1. The molecule has 1 saturated heterocycles. The molecule has 1 amide bonds. The fourth-order valence-corrected chi connectivity index (χ4v) is 1.70.